The van der Waals surface area contributed by atoms with Gasteiger partial charge >= 0.3 is 5.97 Å². The minimum absolute atomic E-state index is 0.188. The Morgan fingerprint density at radius 2 is 1.88 bits per heavy atom. The number of hydrogen-bond donors (Lipinski definition) is 2. The Hall–Kier alpha value is -2.50. The lowest BCUT2D eigenvalue weighted by Crippen LogP contribution is -2.21. The molecule has 0 saturated heterocycles. The molecule has 134 valence electrons. The normalized spacial score (nSPS) is 10.7. The Balaban J connectivity index is 1.48. The molecule has 0 aliphatic rings. The third-order valence-corrected chi connectivity index (χ3v) is 4.68. The number of ether oxygens (including phenoxy) is 1. The van der Waals surface area contributed by atoms with Gasteiger partial charge in [0, 0.05) is 23.5 Å². The number of carbonyl (C=O) groups excluding carboxylic acids is 2. The van der Waals surface area contributed by atoms with E-state index in [9.17, 15) is 9.59 Å². The van der Waals surface area contributed by atoms with Crippen LogP contribution in [0.4, 0.5) is 5.69 Å². The van der Waals surface area contributed by atoms with E-state index in [-0.39, 0.29) is 18.1 Å². The van der Waals surface area contributed by atoms with Crippen molar-refractivity contribution in [2.24, 2.45) is 0 Å². The van der Waals surface area contributed by atoms with Gasteiger partial charge in [-0.05, 0) is 30.2 Å². The Morgan fingerprint density at radius 1 is 1.08 bits per heavy atom. The number of esters is 1. The van der Waals surface area contributed by atoms with Gasteiger partial charge in [0.25, 0.3) is 5.91 Å². The lowest BCUT2D eigenvalue weighted by molar-refractivity contribution is -0.147. The largest absolute Gasteiger partial charge is 0.456 e. The van der Waals surface area contributed by atoms with E-state index in [0.29, 0.717) is 17.1 Å². The van der Waals surface area contributed by atoms with Crippen LogP contribution in [0.2, 0.25) is 10.0 Å². The smallest absolute Gasteiger partial charge is 0.306 e. The molecule has 2 N–H and O–H groups in total. The predicted molar refractivity (Wildman–Crippen MR) is 103 cm³/mol. The molecule has 0 radical (unpaired) electrons. The van der Waals surface area contributed by atoms with Gasteiger partial charge in [0.15, 0.2) is 6.61 Å². The Labute approximate surface area is 160 Å². The average Bonchev–Trinajstić information content (AvgIpc) is 3.05. The van der Waals surface area contributed by atoms with Crippen LogP contribution in [-0.4, -0.2) is 23.5 Å². The number of nitrogens with one attached hydrogen (secondary N) is 2. The fourth-order valence-corrected chi connectivity index (χ4v) is 2.93. The minimum atomic E-state index is -0.477. The lowest BCUT2D eigenvalue weighted by atomic mass is 10.1. The van der Waals surface area contributed by atoms with Gasteiger partial charge in [0.1, 0.15) is 0 Å². The molecule has 7 heteroatoms. The molecule has 1 aromatic heterocycles. The minimum Gasteiger partial charge on any atom is -0.456 e. The predicted octanol–water partition coefficient (Wildman–Crippen LogP) is 4.59. The fraction of sp³-hybridized carbons (Fsp3) is 0.158. The van der Waals surface area contributed by atoms with E-state index in [2.05, 4.69) is 10.3 Å². The second-order valence-electron chi connectivity index (χ2n) is 5.67. The quantitative estimate of drug-likeness (QED) is 0.604. The Kier molecular flexibility index (Phi) is 5.81. The number of aromatic nitrogens is 1. The van der Waals surface area contributed by atoms with Gasteiger partial charge in [0.2, 0.25) is 0 Å². The topological polar surface area (TPSA) is 71.2 Å². The van der Waals surface area contributed by atoms with Gasteiger partial charge in [-0.3, -0.25) is 9.59 Å². The van der Waals surface area contributed by atoms with Gasteiger partial charge < -0.3 is 15.0 Å². The first-order chi connectivity index (χ1) is 12.5. The van der Waals surface area contributed by atoms with E-state index in [1.165, 1.54) is 0 Å². The second-order valence-corrected chi connectivity index (χ2v) is 6.45. The van der Waals surface area contributed by atoms with E-state index >= 15 is 0 Å². The lowest BCUT2D eigenvalue weighted by Gasteiger charge is -2.08. The number of fused-ring (bicyclic) bond motifs is 1. The summed E-state index contributed by atoms with van der Waals surface area (Å²) in [6, 6.07) is 12.8. The van der Waals surface area contributed by atoms with Gasteiger partial charge in [-0.25, -0.2) is 0 Å². The summed E-state index contributed by atoms with van der Waals surface area (Å²) in [5, 5.41) is 4.22. The summed E-state index contributed by atoms with van der Waals surface area (Å²) in [6.45, 7) is -0.379. The highest BCUT2D eigenvalue weighted by atomic mass is 35.5. The fourth-order valence-electron chi connectivity index (χ4n) is 2.58. The van der Waals surface area contributed by atoms with Crippen LogP contribution in [0.15, 0.2) is 48.7 Å². The van der Waals surface area contributed by atoms with Crippen molar-refractivity contribution in [1.82, 2.24) is 4.98 Å². The highest BCUT2D eigenvalue weighted by Gasteiger charge is 2.12. The van der Waals surface area contributed by atoms with Crippen LogP contribution >= 0.6 is 23.2 Å². The molecule has 0 spiro atoms. The molecule has 3 rings (SSSR count). The molecule has 3 aromatic rings. The van der Waals surface area contributed by atoms with Crippen LogP contribution in [0.3, 0.4) is 0 Å². The molecule has 0 fully saturated rings. The zero-order valence-corrected chi connectivity index (χ0v) is 15.2. The maximum absolute atomic E-state index is 11.9. The van der Waals surface area contributed by atoms with Gasteiger partial charge in [-0.15, -0.1) is 0 Å². The summed E-state index contributed by atoms with van der Waals surface area (Å²) in [5.41, 5.74) is 2.43. The van der Waals surface area contributed by atoms with Crippen LogP contribution in [-0.2, 0) is 20.7 Å². The Morgan fingerprint density at radius 3 is 2.73 bits per heavy atom. The van der Waals surface area contributed by atoms with Gasteiger partial charge in [-0.1, -0.05) is 47.5 Å². The summed E-state index contributed by atoms with van der Waals surface area (Å²) in [6.07, 6.45) is 2.60. The maximum atomic E-state index is 11.9. The van der Waals surface area contributed by atoms with Crippen LogP contribution in [0.25, 0.3) is 10.9 Å². The number of H-pyrrole nitrogens is 1. The molecule has 0 bridgehead atoms. The Bertz CT molecular complexity index is 953. The summed E-state index contributed by atoms with van der Waals surface area (Å²) in [7, 11) is 0. The molecule has 1 amide bonds. The van der Waals surface area contributed by atoms with E-state index in [1.54, 1.807) is 18.2 Å². The van der Waals surface area contributed by atoms with E-state index in [1.807, 2.05) is 30.5 Å². The molecular formula is C19H16Cl2N2O3. The van der Waals surface area contributed by atoms with E-state index < -0.39 is 11.9 Å². The number of hydrogen-bond acceptors (Lipinski definition) is 3. The molecule has 0 atom stereocenters. The van der Waals surface area contributed by atoms with Crippen molar-refractivity contribution in [2.75, 3.05) is 11.9 Å². The summed E-state index contributed by atoms with van der Waals surface area (Å²) in [4.78, 5) is 26.9. The number of aromatic amines is 1. The van der Waals surface area contributed by atoms with Gasteiger partial charge in [0.05, 0.1) is 15.7 Å². The van der Waals surface area contributed by atoms with Crippen molar-refractivity contribution in [2.45, 2.75) is 12.8 Å². The van der Waals surface area contributed by atoms with Crippen molar-refractivity contribution in [1.29, 1.82) is 0 Å². The first kappa shape index (κ1) is 18.3. The monoisotopic (exact) mass is 390 g/mol. The van der Waals surface area contributed by atoms with Crippen molar-refractivity contribution >= 4 is 51.7 Å². The van der Waals surface area contributed by atoms with Crippen molar-refractivity contribution in [3.63, 3.8) is 0 Å². The molecule has 0 unspecified atom stereocenters. The maximum Gasteiger partial charge on any atom is 0.306 e. The van der Waals surface area contributed by atoms with Gasteiger partial charge in [-0.2, -0.15) is 0 Å². The molecule has 0 saturated carbocycles. The van der Waals surface area contributed by atoms with E-state index in [0.717, 1.165) is 16.5 Å². The molecule has 26 heavy (non-hydrogen) atoms. The zero-order chi connectivity index (χ0) is 18.5. The summed E-state index contributed by atoms with van der Waals surface area (Å²) in [5.74, 6) is -0.919. The van der Waals surface area contributed by atoms with Crippen LogP contribution in [0.5, 0.6) is 0 Å². The highest BCUT2D eigenvalue weighted by Crippen LogP contribution is 2.29. The van der Waals surface area contributed by atoms with Crippen molar-refractivity contribution in [3.05, 3.63) is 64.3 Å². The number of amides is 1. The first-order valence-corrected chi connectivity index (χ1v) is 8.74. The highest BCUT2D eigenvalue weighted by molar-refractivity contribution is 6.44. The molecule has 2 aromatic carbocycles. The number of para-hydroxylation sites is 1. The average molecular weight is 391 g/mol. The molecule has 0 aliphatic heterocycles. The third-order valence-electron chi connectivity index (χ3n) is 3.86. The number of aryl methyl sites for hydroxylation is 1. The zero-order valence-electron chi connectivity index (χ0n) is 13.7. The number of rotatable bonds is 6. The van der Waals surface area contributed by atoms with Crippen molar-refractivity contribution in [3.8, 4) is 0 Å². The third kappa shape index (κ3) is 4.36. The molecule has 5 nitrogen and oxygen atoms in total. The summed E-state index contributed by atoms with van der Waals surface area (Å²) < 4.78 is 5.02. The van der Waals surface area contributed by atoms with Crippen LogP contribution in [0.1, 0.15) is 12.0 Å². The molecular weight excluding hydrogens is 375 g/mol. The standard InChI is InChI=1S/C19H16Cl2N2O3/c20-14-5-3-7-16(19(14)21)23-17(24)11-26-18(25)9-8-12-10-22-15-6-2-1-4-13(12)15/h1-7,10,22H,8-9,11H2,(H,23,24). The van der Waals surface area contributed by atoms with E-state index in [4.69, 9.17) is 27.9 Å². The second kappa shape index (κ2) is 8.25. The van der Waals surface area contributed by atoms with Crippen LogP contribution < -0.4 is 5.32 Å². The first-order valence-electron chi connectivity index (χ1n) is 7.99. The number of carbonyl (C=O) groups is 2. The molecule has 1 heterocycles. The molecule has 0 aliphatic carbocycles. The van der Waals surface area contributed by atoms with Crippen molar-refractivity contribution < 1.29 is 14.3 Å². The summed E-state index contributed by atoms with van der Waals surface area (Å²) >= 11 is 11.9. The number of halogens is 2. The number of benzene rings is 2. The van der Waals surface area contributed by atoms with Crippen LogP contribution in [0, 0.1) is 0 Å². The SMILES string of the molecule is O=C(COC(=O)CCc1c[nH]c2ccccc12)Nc1cccc(Cl)c1Cl. The number of anilines is 1.